The summed E-state index contributed by atoms with van der Waals surface area (Å²) in [5, 5.41) is 0.856. The first kappa shape index (κ1) is 13.0. The van der Waals surface area contributed by atoms with E-state index in [1.54, 1.807) is 4.90 Å². The molecule has 1 amide bonds. The van der Waals surface area contributed by atoms with Crippen LogP contribution in [0.15, 0.2) is 28.7 Å². The highest BCUT2D eigenvalue weighted by Crippen LogP contribution is 2.33. The summed E-state index contributed by atoms with van der Waals surface area (Å²) in [5.41, 5.74) is 6.40. The van der Waals surface area contributed by atoms with Crippen LogP contribution in [-0.2, 0) is 11.3 Å². The second kappa shape index (κ2) is 5.17. The van der Waals surface area contributed by atoms with Gasteiger partial charge in [0.05, 0.1) is 11.9 Å². The number of benzene rings is 1. The Kier molecular flexibility index (Phi) is 3.36. The summed E-state index contributed by atoms with van der Waals surface area (Å²) in [6.07, 6.45) is 2.18. The standard InChI is InChI=1S/C15H18N2O3/c1-17(10-6-7-10)14(18)9-19-15-11-4-2-3-5-12(11)20-13(15)8-16/h2-5,10H,6-9,16H2,1H3. The Labute approximate surface area is 117 Å². The van der Waals surface area contributed by atoms with E-state index in [1.807, 2.05) is 31.3 Å². The quantitative estimate of drug-likeness (QED) is 0.904. The fourth-order valence-corrected chi connectivity index (χ4v) is 2.27. The summed E-state index contributed by atoms with van der Waals surface area (Å²) in [4.78, 5) is 13.7. The summed E-state index contributed by atoms with van der Waals surface area (Å²) >= 11 is 0. The molecule has 1 heterocycles. The van der Waals surface area contributed by atoms with E-state index in [9.17, 15) is 4.79 Å². The number of hydrogen-bond acceptors (Lipinski definition) is 4. The van der Waals surface area contributed by atoms with Gasteiger partial charge in [-0.3, -0.25) is 4.79 Å². The Morgan fingerprint density at radius 1 is 1.45 bits per heavy atom. The zero-order valence-electron chi connectivity index (χ0n) is 11.5. The van der Waals surface area contributed by atoms with E-state index in [0.29, 0.717) is 17.6 Å². The predicted octanol–water partition coefficient (Wildman–Crippen LogP) is 1.89. The lowest BCUT2D eigenvalue weighted by molar-refractivity contribution is -0.132. The molecule has 0 spiro atoms. The lowest BCUT2D eigenvalue weighted by Gasteiger charge is -2.16. The molecule has 2 aromatic rings. The van der Waals surface area contributed by atoms with Crippen LogP contribution in [0.4, 0.5) is 0 Å². The Morgan fingerprint density at radius 2 is 2.20 bits per heavy atom. The van der Waals surface area contributed by atoms with Crippen LogP contribution in [0.3, 0.4) is 0 Å². The summed E-state index contributed by atoms with van der Waals surface area (Å²) in [6.45, 7) is 0.264. The van der Waals surface area contributed by atoms with Crippen LogP contribution >= 0.6 is 0 Å². The number of nitrogens with zero attached hydrogens (tertiary/aromatic N) is 1. The highest BCUT2D eigenvalue weighted by Gasteiger charge is 2.29. The van der Waals surface area contributed by atoms with E-state index in [0.717, 1.165) is 23.8 Å². The Hall–Kier alpha value is -2.01. The Balaban J connectivity index is 1.77. The molecule has 106 valence electrons. The number of likely N-dealkylation sites (N-methyl/N-ethyl adjacent to an activating group) is 1. The molecule has 0 bridgehead atoms. The first-order valence-electron chi connectivity index (χ1n) is 6.79. The van der Waals surface area contributed by atoms with Crippen LogP contribution in [0.5, 0.6) is 5.75 Å². The van der Waals surface area contributed by atoms with Crippen molar-refractivity contribution in [2.24, 2.45) is 5.73 Å². The lowest BCUT2D eigenvalue weighted by atomic mass is 10.2. The van der Waals surface area contributed by atoms with Gasteiger partial charge in [-0.15, -0.1) is 0 Å². The second-order valence-electron chi connectivity index (χ2n) is 5.08. The maximum absolute atomic E-state index is 12.0. The fraction of sp³-hybridized carbons (Fsp3) is 0.400. The molecule has 0 aliphatic heterocycles. The summed E-state index contributed by atoms with van der Waals surface area (Å²) in [7, 11) is 1.82. The average Bonchev–Trinajstić information content (AvgIpc) is 3.25. The molecule has 0 unspecified atom stereocenters. The van der Waals surface area contributed by atoms with Crippen LogP contribution in [0.25, 0.3) is 11.0 Å². The third-order valence-corrected chi connectivity index (χ3v) is 3.63. The Morgan fingerprint density at radius 3 is 2.90 bits per heavy atom. The van der Waals surface area contributed by atoms with Crippen LogP contribution in [0.2, 0.25) is 0 Å². The number of nitrogens with two attached hydrogens (primary N) is 1. The molecule has 0 radical (unpaired) electrons. The largest absolute Gasteiger partial charge is 0.479 e. The van der Waals surface area contributed by atoms with Crippen molar-refractivity contribution in [2.75, 3.05) is 13.7 Å². The molecule has 1 aromatic heterocycles. The number of fused-ring (bicyclic) bond motifs is 1. The van der Waals surface area contributed by atoms with Gasteiger partial charge in [0, 0.05) is 13.1 Å². The van der Waals surface area contributed by atoms with Gasteiger partial charge >= 0.3 is 0 Å². The normalized spacial score (nSPS) is 14.5. The Bertz CT molecular complexity index is 631. The van der Waals surface area contributed by atoms with Gasteiger partial charge in [-0.25, -0.2) is 0 Å². The highest BCUT2D eigenvalue weighted by molar-refractivity contribution is 5.86. The monoisotopic (exact) mass is 274 g/mol. The molecule has 3 rings (SSSR count). The highest BCUT2D eigenvalue weighted by atomic mass is 16.5. The molecule has 1 saturated carbocycles. The van der Waals surface area contributed by atoms with Crippen molar-refractivity contribution in [3.63, 3.8) is 0 Å². The number of hydrogen-bond donors (Lipinski definition) is 1. The van der Waals surface area contributed by atoms with Gasteiger partial charge in [-0.05, 0) is 25.0 Å². The molecular weight excluding hydrogens is 256 g/mol. The van der Waals surface area contributed by atoms with Gasteiger partial charge in [0.25, 0.3) is 5.91 Å². The van der Waals surface area contributed by atoms with Crippen molar-refractivity contribution in [1.29, 1.82) is 0 Å². The summed E-state index contributed by atoms with van der Waals surface area (Å²) in [6, 6.07) is 7.95. The fourth-order valence-electron chi connectivity index (χ4n) is 2.27. The zero-order valence-corrected chi connectivity index (χ0v) is 11.5. The second-order valence-corrected chi connectivity index (χ2v) is 5.08. The molecule has 1 fully saturated rings. The summed E-state index contributed by atoms with van der Waals surface area (Å²) in [5.74, 6) is 1.15. The number of carbonyl (C=O) groups excluding carboxylic acids is 1. The van der Waals surface area contributed by atoms with Crippen molar-refractivity contribution in [2.45, 2.75) is 25.4 Å². The minimum atomic E-state index is -0.0132. The maximum atomic E-state index is 12.0. The minimum Gasteiger partial charge on any atom is -0.479 e. The van der Waals surface area contributed by atoms with Crippen LogP contribution in [0.1, 0.15) is 18.6 Å². The lowest BCUT2D eigenvalue weighted by Crippen LogP contribution is -2.33. The SMILES string of the molecule is CN(C(=O)COc1c(CN)oc2ccccc12)C1CC1. The van der Waals surface area contributed by atoms with Crippen LogP contribution in [-0.4, -0.2) is 30.5 Å². The van der Waals surface area contributed by atoms with E-state index in [4.69, 9.17) is 14.9 Å². The average molecular weight is 274 g/mol. The molecule has 1 aliphatic rings. The van der Waals surface area contributed by atoms with E-state index in [1.165, 1.54) is 0 Å². The molecule has 0 saturated heterocycles. The van der Waals surface area contributed by atoms with Gasteiger partial charge in [0.2, 0.25) is 0 Å². The van der Waals surface area contributed by atoms with Crippen molar-refractivity contribution in [3.05, 3.63) is 30.0 Å². The first-order valence-corrected chi connectivity index (χ1v) is 6.79. The van der Waals surface area contributed by atoms with Crippen molar-refractivity contribution in [1.82, 2.24) is 4.90 Å². The van der Waals surface area contributed by atoms with Crippen molar-refractivity contribution in [3.8, 4) is 5.75 Å². The molecule has 0 atom stereocenters. The van der Waals surface area contributed by atoms with Gasteiger partial charge < -0.3 is 19.8 Å². The number of rotatable bonds is 5. The first-order chi connectivity index (χ1) is 9.70. The predicted molar refractivity (Wildman–Crippen MR) is 75.4 cm³/mol. The van der Waals surface area contributed by atoms with Gasteiger partial charge in [0.1, 0.15) is 5.58 Å². The molecule has 5 heteroatoms. The zero-order chi connectivity index (χ0) is 14.1. The number of furan rings is 1. The van der Waals surface area contributed by atoms with E-state index in [2.05, 4.69) is 0 Å². The number of carbonyl (C=O) groups is 1. The van der Waals surface area contributed by atoms with Gasteiger partial charge in [-0.2, -0.15) is 0 Å². The molecule has 1 aromatic carbocycles. The number of para-hydroxylation sites is 1. The van der Waals surface area contributed by atoms with Crippen molar-refractivity contribution >= 4 is 16.9 Å². The van der Waals surface area contributed by atoms with Crippen LogP contribution in [0, 0.1) is 0 Å². The molecule has 1 aliphatic carbocycles. The van der Waals surface area contributed by atoms with Crippen LogP contribution < -0.4 is 10.5 Å². The minimum absolute atomic E-state index is 0.0132. The molecule has 2 N–H and O–H groups in total. The van der Waals surface area contributed by atoms with Crippen molar-refractivity contribution < 1.29 is 13.9 Å². The third kappa shape index (κ3) is 2.36. The van der Waals surface area contributed by atoms with E-state index in [-0.39, 0.29) is 19.1 Å². The molecule has 5 nitrogen and oxygen atoms in total. The number of amides is 1. The molecular formula is C15H18N2O3. The maximum Gasteiger partial charge on any atom is 0.260 e. The third-order valence-electron chi connectivity index (χ3n) is 3.63. The smallest absolute Gasteiger partial charge is 0.260 e. The van der Waals surface area contributed by atoms with Gasteiger partial charge in [0.15, 0.2) is 18.1 Å². The number of ether oxygens (including phenoxy) is 1. The van der Waals surface area contributed by atoms with E-state index >= 15 is 0 Å². The van der Waals surface area contributed by atoms with E-state index < -0.39 is 0 Å². The summed E-state index contributed by atoms with van der Waals surface area (Å²) < 4.78 is 11.3. The van der Waals surface area contributed by atoms with Gasteiger partial charge in [-0.1, -0.05) is 12.1 Å². The topological polar surface area (TPSA) is 68.7 Å². The molecule has 20 heavy (non-hydrogen) atoms.